The van der Waals surface area contributed by atoms with Gasteiger partial charge in [-0.3, -0.25) is 14.4 Å². The van der Waals surface area contributed by atoms with Gasteiger partial charge in [-0.15, -0.1) is 0 Å². The number of ketones is 1. The summed E-state index contributed by atoms with van der Waals surface area (Å²) in [7, 11) is 0. The van der Waals surface area contributed by atoms with Crippen molar-refractivity contribution in [1.82, 2.24) is 0 Å². The molecule has 7 heteroatoms. The van der Waals surface area contributed by atoms with Crippen LogP contribution in [0.25, 0.3) is 0 Å². The third-order valence-electron chi connectivity index (χ3n) is 8.56. The summed E-state index contributed by atoms with van der Waals surface area (Å²) in [6, 6.07) is 0. The Morgan fingerprint density at radius 3 is 2.72 bits per heavy atom. The summed E-state index contributed by atoms with van der Waals surface area (Å²) >= 11 is 0. The summed E-state index contributed by atoms with van der Waals surface area (Å²) in [5, 5.41) is 11.2. The maximum Gasteiger partial charge on any atom is 0.320 e. The Labute approximate surface area is 170 Å². The van der Waals surface area contributed by atoms with Gasteiger partial charge in [0.25, 0.3) is 0 Å². The fraction of sp³-hybridized carbons (Fsp3) is 0.818. The van der Waals surface area contributed by atoms with E-state index < -0.39 is 46.1 Å². The van der Waals surface area contributed by atoms with Crippen molar-refractivity contribution in [3.05, 3.63) is 0 Å². The predicted molar refractivity (Wildman–Crippen MR) is 100 cm³/mol. The first-order valence-electron chi connectivity index (χ1n) is 10.6. The van der Waals surface area contributed by atoms with Crippen molar-refractivity contribution in [2.45, 2.75) is 59.0 Å². The standard InChI is InChI=1S/C22H30O7/c1-12-14-7-15(25)17-21(11-29-19(27)22(17,8-14)18(12)26)6-4-5-20(3,16(21)9-23)10-28-13(2)24/h9,12,14-17,25H,4-8,10-11H2,1-3H3/t12-,14-,15-,16-,17+,20+,21+,22+/m1/s1. The van der Waals surface area contributed by atoms with Gasteiger partial charge in [-0.05, 0) is 31.6 Å². The molecular weight excluding hydrogens is 376 g/mol. The number of aldehydes is 1. The number of aliphatic hydroxyl groups excluding tert-OH is 1. The van der Waals surface area contributed by atoms with E-state index in [2.05, 4.69) is 0 Å². The predicted octanol–water partition coefficient (Wildman–Crippen LogP) is 1.69. The Balaban J connectivity index is 1.82. The first-order valence-corrected chi connectivity index (χ1v) is 10.6. The van der Waals surface area contributed by atoms with E-state index in [1.165, 1.54) is 6.92 Å². The van der Waals surface area contributed by atoms with Crippen molar-refractivity contribution in [1.29, 1.82) is 0 Å². The normalized spacial score (nSPS) is 48.8. The third-order valence-corrected chi connectivity index (χ3v) is 8.56. The molecule has 4 aliphatic rings. The Hall–Kier alpha value is -1.76. The fourth-order valence-electron chi connectivity index (χ4n) is 7.32. The molecule has 3 saturated carbocycles. The zero-order valence-electron chi connectivity index (χ0n) is 17.3. The number of rotatable bonds is 3. The van der Waals surface area contributed by atoms with Gasteiger partial charge in [0, 0.05) is 35.5 Å². The second kappa shape index (κ2) is 6.62. The van der Waals surface area contributed by atoms with Crippen LogP contribution in [0.15, 0.2) is 0 Å². The second-order valence-corrected chi connectivity index (χ2v) is 10.1. The average Bonchev–Trinajstić information content (AvgIpc) is 2.86. The number of esters is 2. The lowest BCUT2D eigenvalue weighted by Gasteiger charge is -2.61. The van der Waals surface area contributed by atoms with E-state index in [4.69, 9.17) is 9.47 Å². The Bertz CT molecular complexity index is 762. The summed E-state index contributed by atoms with van der Waals surface area (Å²) in [6.45, 7) is 5.17. The molecule has 3 aliphatic carbocycles. The van der Waals surface area contributed by atoms with Crippen LogP contribution in [0.5, 0.6) is 0 Å². The van der Waals surface area contributed by atoms with Gasteiger partial charge < -0.3 is 19.4 Å². The number of fused-ring (bicyclic) bond motifs is 2. The van der Waals surface area contributed by atoms with Crippen LogP contribution in [0.4, 0.5) is 0 Å². The minimum Gasteiger partial charge on any atom is -0.465 e. The molecule has 2 bridgehead atoms. The lowest BCUT2D eigenvalue weighted by Crippen LogP contribution is -2.67. The van der Waals surface area contributed by atoms with Gasteiger partial charge in [0.05, 0.1) is 19.3 Å². The van der Waals surface area contributed by atoms with E-state index in [1.54, 1.807) is 0 Å². The maximum absolute atomic E-state index is 13.3. The van der Waals surface area contributed by atoms with Crippen LogP contribution in [-0.4, -0.2) is 48.4 Å². The average molecular weight is 406 g/mol. The Kier molecular flexibility index (Phi) is 4.68. The summed E-state index contributed by atoms with van der Waals surface area (Å²) in [6.07, 6.45) is 2.90. The van der Waals surface area contributed by atoms with Gasteiger partial charge in [0.2, 0.25) is 0 Å². The van der Waals surface area contributed by atoms with Crippen LogP contribution in [0.3, 0.4) is 0 Å². The highest BCUT2D eigenvalue weighted by Gasteiger charge is 2.74. The topological polar surface area (TPSA) is 107 Å². The molecule has 4 rings (SSSR count). The molecule has 7 nitrogen and oxygen atoms in total. The number of carbonyl (C=O) groups is 4. The number of hydrogen-bond donors (Lipinski definition) is 1. The smallest absolute Gasteiger partial charge is 0.320 e. The van der Waals surface area contributed by atoms with Crippen LogP contribution in [0.1, 0.15) is 52.9 Å². The highest BCUT2D eigenvalue weighted by molar-refractivity contribution is 6.08. The first-order chi connectivity index (χ1) is 13.6. The van der Waals surface area contributed by atoms with Gasteiger partial charge in [-0.1, -0.05) is 20.3 Å². The molecule has 0 aromatic carbocycles. The highest BCUT2D eigenvalue weighted by atomic mass is 16.5. The van der Waals surface area contributed by atoms with Crippen LogP contribution in [-0.2, 0) is 28.7 Å². The molecule has 1 aliphatic heterocycles. The number of cyclic esters (lactones) is 1. The molecule has 0 amide bonds. The molecule has 0 aromatic rings. The summed E-state index contributed by atoms with van der Waals surface area (Å²) in [5.41, 5.74) is -2.83. The van der Waals surface area contributed by atoms with E-state index in [-0.39, 0.29) is 30.8 Å². The number of aliphatic hydroxyl groups is 1. The molecule has 0 unspecified atom stereocenters. The van der Waals surface area contributed by atoms with Gasteiger partial charge in [0.1, 0.15) is 11.7 Å². The molecule has 160 valence electrons. The maximum atomic E-state index is 13.3. The van der Waals surface area contributed by atoms with E-state index in [0.29, 0.717) is 25.7 Å². The largest absolute Gasteiger partial charge is 0.465 e. The number of hydrogen-bond acceptors (Lipinski definition) is 7. The van der Waals surface area contributed by atoms with Crippen molar-refractivity contribution < 1.29 is 33.8 Å². The summed E-state index contributed by atoms with van der Waals surface area (Å²) in [4.78, 5) is 50.2. The third kappa shape index (κ3) is 2.58. The van der Waals surface area contributed by atoms with Gasteiger partial charge in [-0.25, -0.2) is 0 Å². The first kappa shape index (κ1) is 20.5. The molecule has 0 aromatic heterocycles. The number of carbonyl (C=O) groups excluding carboxylic acids is 4. The lowest BCUT2D eigenvalue weighted by atomic mass is 9.44. The molecule has 0 radical (unpaired) electrons. The second-order valence-electron chi connectivity index (χ2n) is 10.1. The molecule has 29 heavy (non-hydrogen) atoms. The van der Waals surface area contributed by atoms with Gasteiger partial charge >= 0.3 is 11.9 Å². The van der Waals surface area contributed by atoms with Gasteiger partial charge in [-0.2, -0.15) is 0 Å². The zero-order chi connectivity index (χ0) is 21.2. The quantitative estimate of drug-likeness (QED) is 0.432. The molecule has 1 N–H and O–H groups in total. The van der Waals surface area contributed by atoms with Crippen molar-refractivity contribution in [3.8, 4) is 0 Å². The van der Waals surface area contributed by atoms with Crippen LogP contribution >= 0.6 is 0 Å². The number of ether oxygens (including phenoxy) is 2. The van der Waals surface area contributed by atoms with Crippen LogP contribution < -0.4 is 0 Å². The molecule has 2 spiro atoms. The van der Waals surface area contributed by atoms with Gasteiger partial charge in [0.15, 0.2) is 5.78 Å². The van der Waals surface area contributed by atoms with E-state index in [9.17, 15) is 24.3 Å². The van der Waals surface area contributed by atoms with Crippen molar-refractivity contribution in [2.75, 3.05) is 13.2 Å². The monoisotopic (exact) mass is 406 g/mol. The minimum absolute atomic E-state index is 0.0146. The van der Waals surface area contributed by atoms with Crippen LogP contribution in [0, 0.1) is 39.9 Å². The zero-order valence-corrected chi connectivity index (χ0v) is 17.3. The minimum atomic E-state index is -1.36. The van der Waals surface area contributed by atoms with Crippen molar-refractivity contribution in [2.24, 2.45) is 39.9 Å². The molecule has 4 fully saturated rings. The number of Topliss-reactive ketones (excluding diaryl/α,β-unsaturated/α-hetero) is 1. The van der Waals surface area contributed by atoms with E-state index in [0.717, 1.165) is 12.7 Å². The molecule has 1 saturated heterocycles. The summed E-state index contributed by atoms with van der Waals surface area (Å²) < 4.78 is 10.9. The molecule has 1 heterocycles. The molecular formula is C22H30O7. The molecule has 8 atom stereocenters. The lowest BCUT2D eigenvalue weighted by molar-refractivity contribution is -0.229. The van der Waals surface area contributed by atoms with E-state index >= 15 is 0 Å². The fourth-order valence-corrected chi connectivity index (χ4v) is 7.32. The Morgan fingerprint density at radius 1 is 1.34 bits per heavy atom. The van der Waals surface area contributed by atoms with Crippen molar-refractivity contribution in [3.63, 3.8) is 0 Å². The highest BCUT2D eigenvalue weighted by Crippen LogP contribution is 2.67. The SMILES string of the molecule is CC(=O)OC[C@]1(C)CCC[C@]2(COC(=O)[C@@]34C[C@@H](C[C@@H](O)[C@H]32)[C@@H](C)C4=O)[C@@H]1C=O. The van der Waals surface area contributed by atoms with E-state index in [1.807, 2.05) is 13.8 Å². The Morgan fingerprint density at radius 2 is 2.07 bits per heavy atom. The van der Waals surface area contributed by atoms with Crippen LogP contribution in [0.2, 0.25) is 0 Å². The van der Waals surface area contributed by atoms with Crippen molar-refractivity contribution >= 4 is 24.0 Å². The summed E-state index contributed by atoms with van der Waals surface area (Å²) in [5.74, 6) is -2.68.